The Labute approximate surface area is 167 Å². The number of rotatable bonds is 7. The molecule has 3 aromatic rings. The highest BCUT2D eigenvalue weighted by Gasteiger charge is 2.29. The minimum atomic E-state index is -0.164. The molecule has 0 saturated heterocycles. The minimum Gasteiger partial charge on any atom is -0.313 e. The van der Waals surface area contributed by atoms with Crippen LogP contribution in [0, 0.1) is 5.82 Å². The molecule has 0 aromatic heterocycles. The number of benzene rings is 3. The number of nitrogens with one attached hydrogen (secondary N) is 1. The van der Waals surface area contributed by atoms with Crippen molar-refractivity contribution in [2.24, 2.45) is 0 Å². The molecule has 0 bridgehead atoms. The first-order chi connectivity index (χ1) is 13.8. The molecule has 0 radical (unpaired) electrons. The van der Waals surface area contributed by atoms with Gasteiger partial charge in [0.1, 0.15) is 5.82 Å². The average Bonchev–Trinajstić information content (AvgIpc) is 2.74. The summed E-state index contributed by atoms with van der Waals surface area (Å²) in [5, 5.41) is 3.84. The van der Waals surface area contributed by atoms with Gasteiger partial charge in [-0.25, -0.2) is 4.39 Å². The van der Waals surface area contributed by atoms with Crippen LogP contribution in [0.2, 0.25) is 0 Å². The normalized spacial score (nSPS) is 18.6. The maximum Gasteiger partial charge on any atom is 0.123 e. The Balaban J connectivity index is 1.43. The molecule has 1 aliphatic carbocycles. The molecule has 1 N–H and O–H groups in total. The fraction of sp³-hybridized carbons (Fsp3) is 0.308. The predicted molar refractivity (Wildman–Crippen MR) is 114 cm³/mol. The molecule has 0 unspecified atom stereocenters. The van der Waals surface area contributed by atoms with Crippen molar-refractivity contribution in [2.45, 2.75) is 44.1 Å². The standard InChI is InChI=1S/C26H28FN/c27-23-15-12-21(13-16-23)19-25-24-11-5-4-10-22(24)14-17-26(25)28-18-6-9-20-7-2-1-3-8-20/h1-5,7-8,10-13,15-16,25-26,28H,6,9,14,17-19H2/t25-,26+/m0/s1. The van der Waals surface area contributed by atoms with Gasteiger partial charge >= 0.3 is 0 Å². The van der Waals surface area contributed by atoms with Gasteiger partial charge in [-0.1, -0.05) is 66.7 Å². The van der Waals surface area contributed by atoms with E-state index in [2.05, 4.69) is 59.9 Å². The van der Waals surface area contributed by atoms with Crippen molar-refractivity contribution >= 4 is 0 Å². The second-order valence-corrected chi connectivity index (χ2v) is 7.82. The van der Waals surface area contributed by atoms with Gasteiger partial charge in [-0.15, -0.1) is 0 Å². The van der Waals surface area contributed by atoms with E-state index in [4.69, 9.17) is 0 Å². The number of hydrogen-bond donors (Lipinski definition) is 1. The van der Waals surface area contributed by atoms with E-state index < -0.39 is 0 Å². The second-order valence-electron chi connectivity index (χ2n) is 7.82. The van der Waals surface area contributed by atoms with Crippen LogP contribution in [0.5, 0.6) is 0 Å². The Morgan fingerprint density at radius 1 is 0.821 bits per heavy atom. The predicted octanol–water partition coefficient (Wildman–Crippen LogP) is 5.69. The van der Waals surface area contributed by atoms with Gasteiger partial charge in [-0.3, -0.25) is 0 Å². The van der Waals surface area contributed by atoms with Gasteiger partial charge in [0, 0.05) is 12.0 Å². The van der Waals surface area contributed by atoms with Crippen LogP contribution in [-0.2, 0) is 19.3 Å². The Bertz CT molecular complexity index is 872. The highest BCUT2D eigenvalue weighted by Crippen LogP contribution is 2.34. The van der Waals surface area contributed by atoms with Gasteiger partial charge in [0.15, 0.2) is 0 Å². The summed E-state index contributed by atoms with van der Waals surface area (Å²) in [6.45, 7) is 1.03. The average molecular weight is 374 g/mol. The van der Waals surface area contributed by atoms with E-state index in [0.29, 0.717) is 12.0 Å². The zero-order valence-electron chi connectivity index (χ0n) is 16.3. The fourth-order valence-electron chi connectivity index (χ4n) is 4.45. The Kier molecular flexibility index (Phi) is 6.18. The summed E-state index contributed by atoms with van der Waals surface area (Å²) in [4.78, 5) is 0. The van der Waals surface area contributed by atoms with E-state index in [1.54, 1.807) is 12.1 Å². The second kappa shape index (κ2) is 9.16. The highest BCUT2D eigenvalue weighted by atomic mass is 19.1. The molecule has 4 rings (SSSR count). The first-order valence-corrected chi connectivity index (χ1v) is 10.4. The molecule has 1 nitrogen and oxygen atoms in total. The van der Waals surface area contributed by atoms with E-state index >= 15 is 0 Å². The lowest BCUT2D eigenvalue weighted by molar-refractivity contribution is 0.382. The summed E-state index contributed by atoms with van der Waals surface area (Å²) in [6.07, 6.45) is 5.50. The molecule has 0 heterocycles. The van der Waals surface area contributed by atoms with E-state index in [-0.39, 0.29) is 5.82 Å². The summed E-state index contributed by atoms with van der Waals surface area (Å²) < 4.78 is 13.3. The van der Waals surface area contributed by atoms with E-state index in [0.717, 1.165) is 38.6 Å². The van der Waals surface area contributed by atoms with Crippen LogP contribution in [-0.4, -0.2) is 12.6 Å². The van der Waals surface area contributed by atoms with Gasteiger partial charge in [0.2, 0.25) is 0 Å². The molecule has 28 heavy (non-hydrogen) atoms. The topological polar surface area (TPSA) is 12.0 Å². The molecule has 0 amide bonds. The lowest BCUT2D eigenvalue weighted by atomic mass is 9.76. The Hall–Kier alpha value is -2.45. The van der Waals surface area contributed by atoms with Crippen molar-refractivity contribution in [1.82, 2.24) is 5.32 Å². The summed E-state index contributed by atoms with van der Waals surface area (Å²) in [5.41, 5.74) is 5.54. The number of aryl methyl sites for hydroxylation is 2. The molecule has 0 saturated carbocycles. The lowest BCUT2D eigenvalue weighted by Gasteiger charge is -2.35. The van der Waals surface area contributed by atoms with Gasteiger partial charge in [0.25, 0.3) is 0 Å². The number of fused-ring (bicyclic) bond motifs is 1. The molecule has 2 heteroatoms. The third kappa shape index (κ3) is 4.69. The molecule has 1 aliphatic rings. The maximum atomic E-state index is 13.3. The van der Waals surface area contributed by atoms with Crippen molar-refractivity contribution in [3.63, 3.8) is 0 Å². The third-order valence-electron chi connectivity index (χ3n) is 5.93. The Morgan fingerprint density at radius 3 is 2.39 bits per heavy atom. The number of hydrogen-bond acceptors (Lipinski definition) is 1. The molecular formula is C26H28FN. The SMILES string of the molecule is Fc1ccc(C[C@H]2c3ccccc3CC[C@H]2NCCCc2ccccc2)cc1. The Morgan fingerprint density at radius 2 is 1.57 bits per heavy atom. The van der Waals surface area contributed by atoms with E-state index in [1.165, 1.54) is 22.3 Å². The van der Waals surface area contributed by atoms with Crippen molar-refractivity contribution in [3.05, 3.63) is 107 Å². The molecular weight excluding hydrogens is 345 g/mol. The minimum absolute atomic E-state index is 0.164. The van der Waals surface area contributed by atoms with Crippen molar-refractivity contribution in [3.8, 4) is 0 Å². The van der Waals surface area contributed by atoms with Gasteiger partial charge in [-0.2, -0.15) is 0 Å². The van der Waals surface area contributed by atoms with Crippen LogP contribution in [0.3, 0.4) is 0 Å². The third-order valence-corrected chi connectivity index (χ3v) is 5.93. The van der Waals surface area contributed by atoms with Gasteiger partial charge < -0.3 is 5.32 Å². The van der Waals surface area contributed by atoms with Crippen LogP contribution in [0.25, 0.3) is 0 Å². The van der Waals surface area contributed by atoms with E-state index in [9.17, 15) is 4.39 Å². The van der Waals surface area contributed by atoms with Gasteiger partial charge in [-0.05, 0) is 73.0 Å². The summed E-state index contributed by atoms with van der Waals surface area (Å²) in [6, 6.07) is 27.0. The summed E-state index contributed by atoms with van der Waals surface area (Å²) >= 11 is 0. The maximum absolute atomic E-state index is 13.3. The molecule has 144 valence electrons. The fourth-order valence-corrected chi connectivity index (χ4v) is 4.45. The zero-order valence-corrected chi connectivity index (χ0v) is 16.3. The smallest absolute Gasteiger partial charge is 0.123 e. The largest absolute Gasteiger partial charge is 0.313 e. The summed E-state index contributed by atoms with van der Waals surface area (Å²) in [7, 11) is 0. The summed E-state index contributed by atoms with van der Waals surface area (Å²) in [5.74, 6) is 0.274. The highest BCUT2D eigenvalue weighted by molar-refractivity contribution is 5.36. The van der Waals surface area contributed by atoms with Crippen molar-refractivity contribution < 1.29 is 4.39 Å². The molecule has 2 atom stereocenters. The zero-order chi connectivity index (χ0) is 19.2. The van der Waals surface area contributed by atoms with Crippen molar-refractivity contribution in [1.29, 1.82) is 0 Å². The molecule has 3 aromatic carbocycles. The molecule has 0 spiro atoms. The first-order valence-electron chi connectivity index (χ1n) is 10.4. The van der Waals surface area contributed by atoms with Crippen LogP contribution in [0.4, 0.5) is 4.39 Å². The molecule has 0 aliphatic heterocycles. The van der Waals surface area contributed by atoms with Crippen LogP contribution in [0.15, 0.2) is 78.9 Å². The van der Waals surface area contributed by atoms with Crippen LogP contribution < -0.4 is 5.32 Å². The molecule has 0 fully saturated rings. The van der Waals surface area contributed by atoms with Gasteiger partial charge in [0.05, 0.1) is 0 Å². The van der Waals surface area contributed by atoms with Crippen LogP contribution in [0.1, 0.15) is 41.0 Å². The lowest BCUT2D eigenvalue weighted by Crippen LogP contribution is -2.40. The first kappa shape index (κ1) is 18.9. The van der Waals surface area contributed by atoms with E-state index in [1.807, 2.05) is 12.1 Å². The van der Waals surface area contributed by atoms with Crippen molar-refractivity contribution in [2.75, 3.05) is 6.54 Å². The monoisotopic (exact) mass is 373 g/mol. The number of halogens is 1. The quantitative estimate of drug-likeness (QED) is 0.525. The van der Waals surface area contributed by atoms with Crippen LogP contribution >= 0.6 is 0 Å².